The second-order valence-electron chi connectivity index (χ2n) is 4.84. The molecule has 1 N–H and O–H groups in total. The molecule has 0 saturated heterocycles. The molecule has 0 spiro atoms. The molecule has 0 aliphatic carbocycles. The van der Waals surface area contributed by atoms with Crippen molar-refractivity contribution >= 4 is 11.3 Å². The van der Waals surface area contributed by atoms with Gasteiger partial charge in [0.15, 0.2) is 5.65 Å². The highest BCUT2D eigenvalue weighted by molar-refractivity contribution is 5.66. The minimum absolute atomic E-state index is 0.532. The predicted molar refractivity (Wildman–Crippen MR) is 77.0 cm³/mol. The van der Waals surface area contributed by atoms with Crippen LogP contribution in [-0.4, -0.2) is 27.0 Å². The van der Waals surface area contributed by atoms with E-state index >= 15 is 0 Å². The first kappa shape index (κ1) is 12.6. The minimum atomic E-state index is 0.532. The van der Waals surface area contributed by atoms with Crippen molar-refractivity contribution in [1.29, 1.82) is 0 Å². The first-order valence-corrected chi connectivity index (χ1v) is 6.48. The van der Waals surface area contributed by atoms with E-state index in [1.165, 1.54) is 11.1 Å². The van der Waals surface area contributed by atoms with Gasteiger partial charge in [-0.25, -0.2) is 9.97 Å². The highest BCUT2D eigenvalue weighted by Crippen LogP contribution is 2.20. The number of hydrogen-bond acceptors (Lipinski definition) is 4. The molecule has 0 saturated carbocycles. The first-order chi connectivity index (χ1) is 9.65. The van der Waals surface area contributed by atoms with Gasteiger partial charge in [0.2, 0.25) is 11.5 Å². The van der Waals surface area contributed by atoms with Crippen molar-refractivity contribution in [3.8, 4) is 5.88 Å². The Kier molecular flexibility index (Phi) is 3.10. The number of methoxy groups -OCH3 is 1. The largest absolute Gasteiger partial charge is 0.480 e. The van der Waals surface area contributed by atoms with Crippen molar-refractivity contribution in [2.24, 2.45) is 0 Å². The molecule has 2 aromatic heterocycles. The Labute approximate surface area is 117 Å². The van der Waals surface area contributed by atoms with Crippen LogP contribution in [0, 0.1) is 13.8 Å². The number of aromatic nitrogens is 4. The third-order valence-electron chi connectivity index (χ3n) is 3.17. The number of ether oxygens (including phenoxy) is 1. The number of H-pyrrole nitrogens is 1. The third-order valence-corrected chi connectivity index (χ3v) is 3.17. The zero-order valence-electron chi connectivity index (χ0n) is 11.8. The minimum Gasteiger partial charge on any atom is -0.480 e. The second-order valence-corrected chi connectivity index (χ2v) is 4.84. The fourth-order valence-electron chi connectivity index (χ4n) is 2.14. The Bertz CT molecular complexity index is 746. The number of rotatable bonds is 3. The van der Waals surface area contributed by atoms with Crippen LogP contribution in [0.15, 0.2) is 24.3 Å². The van der Waals surface area contributed by atoms with E-state index in [-0.39, 0.29) is 0 Å². The third kappa shape index (κ3) is 2.34. The van der Waals surface area contributed by atoms with Crippen molar-refractivity contribution in [2.75, 3.05) is 7.11 Å². The highest BCUT2D eigenvalue weighted by Gasteiger charge is 2.12. The van der Waals surface area contributed by atoms with Crippen LogP contribution in [0.4, 0.5) is 0 Å². The summed E-state index contributed by atoms with van der Waals surface area (Å²) in [6.07, 6.45) is 0.685. The maximum atomic E-state index is 5.33. The Balaban J connectivity index is 2.02. The van der Waals surface area contributed by atoms with Crippen LogP contribution in [0.5, 0.6) is 5.88 Å². The summed E-state index contributed by atoms with van der Waals surface area (Å²) < 4.78 is 5.33. The predicted octanol–water partition coefficient (Wildman–Crippen LogP) is 2.57. The zero-order valence-corrected chi connectivity index (χ0v) is 11.8. The van der Waals surface area contributed by atoms with E-state index in [1.807, 2.05) is 6.92 Å². The summed E-state index contributed by atoms with van der Waals surface area (Å²) in [6.45, 7) is 3.96. The van der Waals surface area contributed by atoms with Gasteiger partial charge in [0.1, 0.15) is 11.5 Å². The standard InChI is InChI=1S/C15H16N4O/c1-9-4-6-11(7-5-9)8-12-15(20-3)19-14-13(18-12)16-10(2)17-14/h4-7H,8H2,1-3H3,(H,16,17,18,19). The average Bonchev–Trinajstić information content (AvgIpc) is 2.79. The van der Waals surface area contributed by atoms with Crippen molar-refractivity contribution in [1.82, 2.24) is 19.9 Å². The van der Waals surface area contributed by atoms with Gasteiger partial charge in [0, 0.05) is 6.42 Å². The van der Waals surface area contributed by atoms with Gasteiger partial charge in [-0.15, -0.1) is 0 Å². The van der Waals surface area contributed by atoms with Gasteiger partial charge in [-0.2, -0.15) is 4.98 Å². The summed E-state index contributed by atoms with van der Waals surface area (Å²) in [6, 6.07) is 8.37. The van der Waals surface area contributed by atoms with Crippen LogP contribution in [-0.2, 0) is 6.42 Å². The van der Waals surface area contributed by atoms with Crippen LogP contribution in [0.1, 0.15) is 22.6 Å². The molecule has 0 amide bonds. The Hall–Kier alpha value is -2.43. The number of imidazole rings is 1. The van der Waals surface area contributed by atoms with Gasteiger partial charge in [0.25, 0.3) is 0 Å². The maximum absolute atomic E-state index is 5.33. The summed E-state index contributed by atoms with van der Waals surface area (Å²) >= 11 is 0. The lowest BCUT2D eigenvalue weighted by Crippen LogP contribution is -2.01. The fraction of sp³-hybridized carbons (Fsp3) is 0.267. The van der Waals surface area contributed by atoms with Crippen LogP contribution in [0.2, 0.25) is 0 Å². The molecule has 20 heavy (non-hydrogen) atoms. The van der Waals surface area contributed by atoms with Crippen molar-refractivity contribution in [2.45, 2.75) is 20.3 Å². The molecule has 1 aromatic carbocycles. The fourth-order valence-corrected chi connectivity index (χ4v) is 2.14. The molecule has 0 aliphatic rings. The van der Waals surface area contributed by atoms with Crippen LogP contribution >= 0.6 is 0 Å². The normalized spacial score (nSPS) is 10.9. The topological polar surface area (TPSA) is 63.7 Å². The van der Waals surface area contributed by atoms with Crippen molar-refractivity contribution in [3.63, 3.8) is 0 Å². The Morgan fingerprint density at radius 2 is 1.80 bits per heavy atom. The lowest BCUT2D eigenvalue weighted by Gasteiger charge is -2.06. The van der Waals surface area contributed by atoms with Gasteiger partial charge < -0.3 is 9.72 Å². The van der Waals surface area contributed by atoms with Crippen molar-refractivity contribution in [3.05, 3.63) is 46.9 Å². The van der Waals surface area contributed by atoms with E-state index in [9.17, 15) is 0 Å². The van der Waals surface area contributed by atoms with E-state index in [4.69, 9.17) is 4.74 Å². The number of nitrogens with zero attached hydrogens (tertiary/aromatic N) is 3. The van der Waals surface area contributed by atoms with E-state index in [0.29, 0.717) is 23.6 Å². The maximum Gasteiger partial charge on any atom is 0.237 e. The highest BCUT2D eigenvalue weighted by atomic mass is 16.5. The van der Waals surface area contributed by atoms with Gasteiger partial charge in [-0.05, 0) is 19.4 Å². The molecule has 102 valence electrons. The summed E-state index contributed by atoms with van der Waals surface area (Å²) in [5.41, 5.74) is 4.52. The molecule has 0 unspecified atom stereocenters. The first-order valence-electron chi connectivity index (χ1n) is 6.48. The molecular formula is C15H16N4O. The Morgan fingerprint density at radius 3 is 2.50 bits per heavy atom. The van der Waals surface area contributed by atoms with Gasteiger partial charge in [-0.3, -0.25) is 0 Å². The lowest BCUT2D eigenvalue weighted by molar-refractivity contribution is 0.392. The molecule has 0 atom stereocenters. The molecule has 0 fully saturated rings. The van der Waals surface area contributed by atoms with Crippen LogP contribution in [0.3, 0.4) is 0 Å². The van der Waals surface area contributed by atoms with E-state index in [2.05, 4.69) is 51.1 Å². The number of nitrogens with one attached hydrogen (secondary N) is 1. The van der Waals surface area contributed by atoms with Crippen LogP contribution < -0.4 is 4.74 Å². The molecule has 3 rings (SSSR count). The number of benzene rings is 1. The lowest BCUT2D eigenvalue weighted by atomic mass is 10.1. The Morgan fingerprint density at radius 1 is 1.05 bits per heavy atom. The summed E-state index contributed by atoms with van der Waals surface area (Å²) in [5.74, 6) is 1.33. The quantitative estimate of drug-likeness (QED) is 0.793. The molecule has 0 bridgehead atoms. The molecular weight excluding hydrogens is 252 g/mol. The van der Waals surface area contributed by atoms with E-state index in [0.717, 1.165) is 11.5 Å². The van der Waals surface area contributed by atoms with E-state index in [1.54, 1.807) is 7.11 Å². The molecule has 3 aromatic rings. The summed E-state index contributed by atoms with van der Waals surface area (Å²) in [5, 5.41) is 0. The average molecular weight is 268 g/mol. The van der Waals surface area contributed by atoms with E-state index < -0.39 is 0 Å². The van der Waals surface area contributed by atoms with Crippen LogP contribution in [0.25, 0.3) is 11.3 Å². The zero-order chi connectivity index (χ0) is 14.1. The SMILES string of the molecule is COc1nc2nc(C)[nH]c2nc1Cc1ccc(C)cc1. The number of aryl methyl sites for hydroxylation is 2. The number of aromatic amines is 1. The number of fused-ring (bicyclic) bond motifs is 1. The summed E-state index contributed by atoms with van der Waals surface area (Å²) in [4.78, 5) is 16.4. The number of hydrogen-bond donors (Lipinski definition) is 1. The smallest absolute Gasteiger partial charge is 0.237 e. The molecule has 5 nitrogen and oxygen atoms in total. The molecule has 5 heteroatoms. The molecule has 0 aliphatic heterocycles. The van der Waals surface area contributed by atoms with Crippen molar-refractivity contribution < 1.29 is 4.74 Å². The monoisotopic (exact) mass is 268 g/mol. The van der Waals surface area contributed by atoms with Gasteiger partial charge in [0.05, 0.1) is 7.11 Å². The molecule has 0 radical (unpaired) electrons. The molecule has 2 heterocycles. The van der Waals surface area contributed by atoms with Gasteiger partial charge >= 0.3 is 0 Å². The second kappa shape index (κ2) is 4.92. The van der Waals surface area contributed by atoms with Gasteiger partial charge in [-0.1, -0.05) is 29.8 Å². The summed E-state index contributed by atoms with van der Waals surface area (Å²) in [7, 11) is 1.61.